The molecule has 1 aliphatic carbocycles. The molecule has 1 aromatic rings. The van der Waals surface area contributed by atoms with Crippen LogP contribution in [0.3, 0.4) is 0 Å². The SMILES string of the molecule is CC(C)CCN(CCOc1ccc(C(=N)N)cc1)C1CC1. The summed E-state index contributed by atoms with van der Waals surface area (Å²) in [6.45, 7) is 7.44. The Hall–Kier alpha value is -1.55. The lowest BCUT2D eigenvalue weighted by molar-refractivity contribution is 0.194. The van der Waals surface area contributed by atoms with E-state index in [4.69, 9.17) is 15.9 Å². The zero-order valence-electron chi connectivity index (χ0n) is 13.1. The number of hydrogen-bond acceptors (Lipinski definition) is 3. The second-order valence-corrected chi connectivity index (χ2v) is 6.24. The van der Waals surface area contributed by atoms with Gasteiger partial charge >= 0.3 is 0 Å². The van der Waals surface area contributed by atoms with Crippen LogP contribution in [0.5, 0.6) is 5.75 Å². The Bertz CT molecular complexity index is 452. The highest BCUT2D eigenvalue weighted by Crippen LogP contribution is 2.27. The molecule has 1 aliphatic rings. The number of nitrogens with zero attached hydrogens (tertiary/aromatic N) is 1. The van der Waals surface area contributed by atoms with Crippen molar-refractivity contribution in [3.05, 3.63) is 29.8 Å². The van der Waals surface area contributed by atoms with Crippen LogP contribution < -0.4 is 10.5 Å². The van der Waals surface area contributed by atoms with Gasteiger partial charge in [-0.15, -0.1) is 0 Å². The van der Waals surface area contributed by atoms with Gasteiger partial charge in [0.2, 0.25) is 0 Å². The summed E-state index contributed by atoms with van der Waals surface area (Å²) in [5, 5.41) is 7.37. The lowest BCUT2D eigenvalue weighted by Crippen LogP contribution is -2.32. The van der Waals surface area contributed by atoms with Crippen molar-refractivity contribution in [3.8, 4) is 5.75 Å². The molecule has 0 saturated heterocycles. The van der Waals surface area contributed by atoms with Gasteiger partial charge in [0.05, 0.1) is 0 Å². The monoisotopic (exact) mass is 289 g/mol. The summed E-state index contributed by atoms with van der Waals surface area (Å²) in [4.78, 5) is 2.56. The number of nitrogens with one attached hydrogen (secondary N) is 1. The molecular weight excluding hydrogens is 262 g/mol. The molecular formula is C17H27N3O. The van der Waals surface area contributed by atoms with Gasteiger partial charge in [-0.05, 0) is 56.0 Å². The molecule has 0 aliphatic heterocycles. The van der Waals surface area contributed by atoms with Gasteiger partial charge in [-0.1, -0.05) is 13.8 Å². The third-order valence-corrected chi connectivity index (χ3v) is 3.87. The van der Waals surface area contributed by atoms with E-state index in [1.54, 1.807) is 0 Å². The van der Waals surface area contributed by atoms with Crippen molar-refractivity contribution >= 4 is 5.84 Å². The number of amidine groups is 1. The van der Waals surface area contributed by atoms with E-state index < -0.39 is 0 Å². The molecule has 21 heavy (non-hydrogen) atoms. The van der Waals surface area contributed by atoms with Crippen LogP contribution in [0.15, 0.2) is 24.3 Å². The maximum Gasteiger partial charge on any atom is 0.122 e. The molecule has 0 unspecified atom stereocenters. The fraction of sp³-hybridized carbons (Fsp3) is 0.588. The van der Waals surface area contributed by atoms with Crippen molar-refractivity contribution in [2.75, 3.05) is 19.7 Å². The number of nitrogens with two attached hydrogens (primary N) is 1. The van der Waals surface area contributed by atoms with Gasteiger partial charge in [0, 0.05) is 18.2 Å². The third kappa shape index (κ3) is 5.38. The van der Waals surface area contributed by atoms with Gasteiger partial charge in [0.15, 0.2) is 0 Å². The summed E-state index contributed by atoms with van der Waals surface area (Å²) >= 11 is 0. The summed E-state index contributed by atoms with van der Waals surface area (Å²) in [6, 6.07) is 8.20. The van der Waals surface area contributed by atoms with Gasteiger partial charge < -0.3 is 10.5 Å². The molecule has 116 valence electrons. The van der Waals surface area contributed by atoms with E-state index in [2.05, 4.69) is 18.7 Å². The Balaban J connectivity index is 1.75. The van der Waals surface area contributed by atoms with Crippen molar-refractivity contribution in [2.45, 2.75) is 39.2 Å². The van der Waals surface area contributed by atoms with Gasteiger partial charge in [-0.3, -0.25) is 10.3 Å². The van der Waals surface area contributed by atoms with Crippen LogP contribution in [0, 0.1) is 11.3 Å². The average molecular weight is 289 g/mol. The largest absolute Gasteiger partial charge is 0.492 e. The Kier molecular flexibility index (Phi) is 5.62. The zero-order chi connectivity index (χ0) is 15.2. The standard InChI is InChI=1S/C17H27N3O/c1-13(2)9-10-20(15-5-6-15)11-12-21-16-7-3-14(4-8-16)17(18)19/h3-4,7-8,13,15H,5-6,9-12H2,1-2H3,(H3,18,19). The zero-order valence-corrected chi connectivity index (χ0v) is 13.1. The second-order valence-electron chi connectivity index (χ2n) is 6.24. The predicted octanol–water partition coefficient (Wildman–Crippen LogP) is 2.86. The van der Waals surface area contributed by atoms with Crippen LogP contribution in [0.1, 0.15) is 38.7 Å². The first-order chi connectivity index (χ1) is 10.1. The minimum atomic E-state index is 0.0927. The van der Waals surface area contributed by atoms with Crippen LogP contribution in [-0.2, 0) is 0 Å². The summed E-state index contributed by atoms with van der Waals surface area (Å²) in [6.07, 6.45) is 3.93. The van der Waals surface area contributed by atoms with Crippen LogP contribution in [0.4, 0.5) is 0 Å². The maximum atomic E-state index is 7.37. The van der Waals surface area contributed by atoms with Gasteiger partial charge in [0.25, 0.3) is 0 Å². The Morgan fingerprint density at radius 1 is 1.29 bits per heavy atom. The van der Waals surface area contributed by atoms with Crippen LogP contribution in [-0.4, -0.2) is 36.5 Å². The van der Waals surface area contributed by atoms with E-state index >= 15 is 0 Å². The first-order valence-electron chi connectivity index (χ1n) is 7.87. The quantitative estimate of drug-likeness (QED) is 0.543. The molecule has 3 N–H and O–H groups in total. The van der Waals surface area contributed by atoms with Crippen LogP contribution in [0.2, 0.25) is 0 Å². The molecule has 2 rings (SSSR count). The van der Waals surface area contributed by atoms with Crippen molar-refractivity contribution in [1.82, 2.24) is 4.90 Å². The van der Waals surface area contributed by atoms with Gasteiger partial charge in [-0.2, -0.15) is 0 Å². The van der Waals surface area contributed by atoms with Gasteiger partial charge in [0.1, 0.15) is 18.2 Å². The van der Waals surface area contributed by atoms with E-state index in [9.17, 15) is 0 Å². The highest BCUT2D eigenvalue weighted by molar-refractivity contribution is 5.94. The van der Waals surface area contributed by atoms with Crippen molar-refractivity contribution < 1.29 is 4.74 Å². The van der Waals surface area contributed by atoms with Crippen molar-refractivity contribution in [2.24, 2.45) is 11.7 Å². The summed E-state index contributed by atoms with van der Waals surface area (Å²) in [5.41, 5.74) is 6.17. The number of benzene rings is 1. The minimum Gasteiger partial charge on any atom is -0.492 e. The normalized spacial score (nSPS) is 14.7. The Morgan fingerprint density at radius 2 is 1.95 bits per heavy atom. The van der Waals surface area contributed by atoms with Crippen molar-refractivity contribution in [3.63, 3.8) is 0 Å². The molecule has 0 aromatic heterocycles. The predicted molar refractivity (Wildman–Crippen MR) is 87.0 cm³/mol. The topological polar surface area (TPSA) is 62.3 Å². The average Bonchev–Trinajstić information content (AvgIpc) is 3.27. The highest BCUT2D eigenvalue weighted by Gasteiger charge is 2.28. The number of nitrogen functional groups attached to an aromatic ring is 1. The Labute approximate surface area is 127 Å². The first kappa shape index (κ1) is 15.8. The molecule has 0 heterocycles. The van der Waals surface area contributed by atoms with E-state index in [1.165, 1.54) is 25.8 Å². The summed E-state index contributed by atoms with van der Waals surface area (Å²) in [7, 11) is 0. The van der Waals surface area contributed by atoms with Gasteiger partial charge in [-0.25, -0.2) is 0 Å². The molecule has 0 atom stereocenters. The maximum absolute atomic E-state index is 7.37. The lowest BCUT2D eigenvalue weighted by atomic mass is 10.1. The molecule has 1 fully saturated rings. The first-order valence-corrected chi connectivity index (χ1v) is 7.87. The lowest BCUT2D eigenvalue weighted by Gasteiger charge is -2.23. The fourth-order valence-electron chi connectivity index (χ4n) is 2.35. The molecule has 0 bridgehead atoms. The molecule has 0 spiro atoms. The van der Waals surface area contributed by atoms with E-state index in [1.807, 2.05) is 24.3 Å². The molecule has 1 aromatic carbocycles. The number of rotatable bonds is 9. The van der Waals surface area contributed by atoms with E-state index in [-0.39, 0.29) is 5.84 Å². The molecule has 1 saturated carbocycles. The van der Waals surface area contributed by atoms with Crippen LogP contribution >= 0.6 is 0 Å². The smallest absolute Gasteiger partial charge is 0.122 e. The molecule has 4 heteroatoms. The Morgan fingerprint density at radius 3 is 2.48 bits per heavy atom. The van der Waals surface area contributed by atoms with Crippen LogP contribution in [0.25, 0.3) is 0 Å². The molecule has 4 nitrogen and oxygen atoms in total. The minimum absolute atomic E-state index is 0.0927. The summed E-state index contributed by atoms with van der Waals surface area (Å²) < 4.78 is 5.80. The third-order valence-electron chi connectivity index (χ3n) is 3.87. The molecule has 0 amide bonds. The van der Waals surface area contributed by atoms with E-state index in [0.717, 1.165) is 29.8 Å². The number of ether oxygens (including phenoxy) is 1. The molecule has 0 radical (unpaired) electrons. The fourth-order valence-corrected chi connectivity index (χ4v) is 2.35. The van der Waals surface area contributed by atoms with Crippen molar-refractivity contribution in [1.29, 1.82) is 5.41 Å². The number of hydrogen-bond donors (Lipinski definition) is 2. The van der Waals surface area contributed by atoms with E-state index in [0.29, 0.717) is 6.61 Å². The second kappa shape index (κ2) is 7.46. The highest BCUT2D eigenvalue weighted by atomic mass is 16.5. The summed E-state index contributed by atoms with van der Waals surface area (Å²) in [5.74, 6) is 1.70.